The predicted octanol–water partition coefficient (Wildman–Crippen LogP) is 1.44. The molecule has 0 radical (unpaired) electrons. The van der Waals surface area contributed by atoms with Crippen molar-refractivity contribution in [3.8, 4) is 0 Å². The number of aliphatic carboxylic acids is 1. The summed E-state index contributed by atoms with van der Waals surface area (Å²) in [6, 6.07) is 4.34. The van der Waals surface area contributed by atoms with Gasteiger partial charge in [-0.3, -0.25) is 19.2 Å². The van der Waals surface area contributed by atoms with E-state index in [1.54, 1.807) is 25.1 Å². The fourth-order valence-corrected chi connectivity index (χ4v) is 6.42. The number of fused-ring (bicyclic) bond motifs is 2. The average molecular weight is 497 g/mol. The summed E-state index contributed by atoms with van der Waals surface area (Å²) in [4.78, 5) is 37.6. The minimum absolute atomic E-state index is 0.00292. The number of sulfonamides is 1. The number of carbonyl (C=O) groups is 3. The summed E-state index contributed by atoms with van der Waals surface area (Å²) in [5, 5.41) is 17.3. The number of thiophene rings is 1. The number of anilines is 2. The highest BCUT2D eigenvalue weighted by atomic mass is 32.2. The molecule has 3 heterocycles. The molecule has 2 aliphatic heterocycles. The van der Waals surface area contributed by atoms with Gasteiger partial charge in [0.1, 0.15) is 17.1 Å². The Kier molecular flexibility index (Phi) is 5.81. The van der Waals surface area contributed by atoms with Gasteiger partial charge in [-0.05, 0) is 30.7 Å². The van der Waals surface area contributed by atoms with Gasteiger partial charge in [0.05, 0.1) is 18.5 Å². The summed E-state index contributed by atoms with van der Waals surface area (Å²) in [6.07, 6.45) is 1.08. The molecule has 0 spiro atoms. The summed E-state index contributed by atoms with van der Waals surface area (Å²) in [7, 11) is -3.38. The molecule has 2 aliphatic rings. The molecule has 4 N–H and O–H groups in total. The number of β-lactam (4-membered cyclic amide) rings is 1. The fourth-order valence-electron chi connectivity index (χ4n) is 3.62. The molecule has 1 fully saturated rings. The Hall–Kier alpha value is -2.77. The number of amides is 2. The van der Waals surface area contributed by atoms with Crippen LogP contribution in [0.3, 0.4) is 0 Å². The molecule has 0 aliphatic carbocycles. The second kappa shape index (κ2) is 8.30. The Morgan fingerprint density at radius 2 is 2.06 bits per heavy atom. The molecular weight excluding hydrogens is 476 g/mol. The number of nitrogens with one attached hydrogen (secondary N) is 3. The first kappa shape index (κ1) is 22.4. The highest BCUT2D eigenvalue weighted by molar-refractivity contribution is 8.00. The molecule has 13 heteroatoms. The summed E-state index contributed by atoms with van der Waals surface area (Å²) < 4.78 is 26.0. The van der Waals surface area contributed by atoms with Gasteiger partial charge < -0.3 is 15.7 Å². The topological polar surface area (TPSA) is 145 Å². The van der Waals surface area contributed by atoms with Gasteiger partial charge in [0.25, 0.3) is 5.91 Å². The molecule has 1 unspecified atom stereocenters. The number of thioether (sulfide) groups is 1. The van der Waals surface area contributed by atoms with Crippen LogP contribution in [0.2, 0.25) is 0 Å². The first-order valence-corrected chi connectivity index (χ1v) is 13.3. The summed E-state index contributed by atoms with van der Waals surface area (Å²) in [5.41, 5.74) is 1.79. The zero-order valence-electron chi connectivity index (χ0n) is 17.0. The van der Waals surface area contributed by atoms with Crippen molar-refractivity contribution in [3.63, 3.8) is 0 Å². The van der Waals surface area contributed by atoms with Crippen molar-refractivity contribution in [1.29, 1.82) is 0 Å². The monoisotopic (exact) mass is 496 g/mol. The third-order valence-corrected chi connectivity index (χ3v) is 7.97. The number of carbonyl (C=O) groups excluding carboxylic acids is 2. The molecule has 4 rings (SSSR count). The number of rotatable bonds is 7. The van der Waals surface area contributed by atoms with E-state index in [0.29, 0.717) is 22.7 Å². The number of hydrogen-bond donors (Lipinski definition) is 4. The SMILES string of the molecule is CC1=C(C(=O)O)N2C(=O)C(NC(=O)CNc3csc4cc(NS(C)(=O)=O)ccc34)[C@@H]2SC1. The number of nitrogens with zero attached hydrogens (tertiary/aromatic N) is 1. The molecule has 1 aromatic carbocycles. The minimum Gasteiger partial charge on any atom is -0.477 e. The molecule has 1 aromatic heterocycles. The lowest BCUT2D eigenvalue weighted by Crippen LogP contribution is -2.70. The minimum atomic E-state index is -3.38. The van der Waals surface area contributed by atoms with Gasteiger partial charge in [-0.15, -0.1) is 23.1 Å². The van der Waals surface area contributed by atoms with E-state index in [0.717, 1.165) is 16.3 Å². The second-order valence-electron chi connectivity index (χ2n) is 7.48. The Bertz CT molecular complexity index is 1270. The molecule has 170 valence electrons. The highest BCUT2D eigenvalue weighted by Gasteiger charge is 2.53. The van der Waals surface area contributed by atoms with Gasteiger partial charge in [-0.25, -0.2) is 13.2 Å². The van der Waals surface area contributed by atoms with E-state index in [2.05, 4.69) is 15.4 Å². The first-order valence-electron chi connectivity index (χ1n) is 9.45. The van der Waals surface area contributed by atoms with E-state index in [1.165, 1.54) is 28.0 Å². The van der Waals surface area contributed by atoms with Gasteiger partial charge in [-0.1, -0.05) is 0 Å². The summed E-state index contributed by atoms with van der Waals surface area (Å²) in [5.74, 6) is -1.48. The molecule has 10 nitrogen and oxygen atoms in total. The second-order valence-corrected chi connectivity index (χ2v) is 11.2. The van der Waals surface area contributed by atoms with E-state index in [-0.39, 0.29) is 18.1 Å². The lowest BCUT2D eigenvalue weighted by Gasteiger charge is -2.49. The van der Waals surface area contributed by atoms with E-state index in [4.69, 9.17) is 0 Å². The number of benzene rings is 1. The van der Waals surface area contributed by atoms with Crippen LogP contribution in [0.5, 0.6) is 0 Å². The molecule has 0 bridgehead atoms. The highest BCUT2D eigenvalue weighted by Crippen LogP contribution is 2.40. The maximum Gasteiger partial charge on any atom is 0.352 e. The zero-order chi connectivity index (χ0) is 23.2. The van der Waals surface area contributed by atoms with Gasteiger partial charge in [0.2, 0.25) is 15.9 Å². The summed E-state index contributed by atoms with van der Waals surface area (Å²) in [6.45, 7) is 1.61. The maximum absolute atomic E-state index is 12.5. The van der Waals surface area contributed by atoms with Crippen LogP contribution < -0.4 is 15.4 Å². The van der Waals surface area contributed by atoms with Crippen LogP contribution in [0.4, 0.5) is 11.4 Å². The molecule has 32 heavy (non-hydrogen) atoms. The van der Waals surface area contributed by atoms with E-state index in [9.17, 15) is 27.9 Å². The van der Waals surface area contributed by atoms with Gasteiger partial charge in [0, 0.05) is 26.9 Å². The zero-order valence-corrected chi connectivity index (χ0v) is 19.5. The van der Waals surface area contributed by atoms with Gasteiger partial charge in [-0.2, -0.15) is 0 Å². The van der Waals surface area contributed by atoms with Crippen molar-refractivity contribution in [1.82, 2.24) is 10.2 Å². The van der Waals surface area contributed by atoms with Crippen molar-refractivity contribution in [3.05, 3.63) is 34.8 Å². The summed E-state index contributed by atoms with van der Waals surface area (Å²) >= 11 is 2.82. The van der Waals surface area contributed by atoms with Crippen LogP contribution >= 0.6 is 23.1 Å². The predicted molar refractivity (Wildman–Crippen MR) is 124 cm³/mol. The van der Waals surface area contributed by atoms with Crippen LogP contribution in [0.1, 0.15) is 6.92 Å². The fraction of sp³-hybridized carbons (Fsp3) is 0.316. The van der Waals surface area contributed by atoms with Crippen LogP contribution in [0.25, 0.3) is 10.1 Å². The number of carboxylic acid groups (broad SMARTS) is 1. The Balaban J connectivity index is 1.37. The van der Waals surface area contributed by atoms with Crippen LogP contribution in [-0.4, -0.2) is 66.2 Å². The number of hydrogen-bond acceptors (Lipinski definition) is 8. The largest absolute Gasteiger partial charge is 0.477 e. The van der Waals surface area contributed by atoms with Crippen molar-refractivity contribution < 1.29 is 27.9 Å². The smallest absolute Gasteiger partial charge is 0.352 e. The third-order valence-electron chi connectivity index (χ3n) is 5.00. The van der Waals surface area contributed by atoms with Crippen molar-refractivity contribution in [2.24, 2.45) is 0 Å². The first-order chi connectivity index (χ1) is 15.0. The normalized spacial score (nSPS) is 20.6. The maximum atomic E-state index is 12.5. The Morgan fingerprint density at radius 3 is 2.75 bits per heavy atom. The van der Waals surface area contributed by atoms with Crippen LogP contribution in [-0.2, 0) is 24.4 Å². The molecule has 1 saturated heterocycles. The molecule has 0 saturated carbocycles. The molecule has 2 atom stereocenters. The van der Waals surface area contributed by atoms with E-state index >= 15 is 0 Å². The van der Waals surface area contributed by atoms with Gasteiger partial charge in [0.15, 0.2) is 0 Å². The van der Waals surface area contributed by atoms with Gasteiger partial charge >= 0.3 is 5.97 Å². The van der Waals surface area contributed by atoms with Crippen LogP contribution in [0.15, 0.2) is 34.8 Å². The molecule has 2 aromatic rings. The molecule has 2 amide bonds. The van der Waals surface area contributed by atoms with Crippen molar-refractivity contribution in [2.75, 3.05) is 28.6 Å². The number of carboxylic acids is 1. The van der Waals surface area contributed by atoms with Crippen LogP contribution in [0, 0.1) is 0 Å². The average Bonchev–Trinajstić information content (AvgIpc) is 3.11. The lowest BCUT2D eigenvalue weighted by atomic mass is 10.0. The Morgan fingerprint density at radius 1 is 1.31 bits per heavy atom. The quantitative estimate of drug-likeness (QED) is 0.422. The van der Waals surface area contributed by atoms with Crippen molar-refractivity contribution in [2.45, 2.75) is 18.3 Å². The standard InChI is InChI=1S/C19H20N4O6S3/c1-9-7-31-18-15(17(25)23(18)16(9)19(26)27)21-14(24)6-20-12-8-30-13-5-10(3-4-11(12)13)22-32(2,28)29/h3-5,8,15,18,20,22H,6-7H2,1-2H3,(H,21,24)(H,26,27)/t15?,18-/m0/s1. The molecular formula is C19H20N4O6S3. The van der Waals surface area contributed by atoms with E-state index < -0.39 is 33.3 Å². The third kappa shape index (κ3) is 4.27. The van der Waals surface area contributed by atoms with E-state index in [1.807, 2.05) is 5.38 Å². The lowest BCUT2D eigenvalue weighted by molar-refractivity contribution is -0.150. The Labute approximate surface area is 192 Å². The van der Waals surface area contributed by atoms with Crippen molar-refractivity contribution >= 4 is 72.4 Å².